The van der Waals surface area contributed by atoms with Crippen LogP contribution in [-0.2, 0) is 26.2 Å². The van der Waals surface area contributed by atoms with Gasteiger partial charge in [-0.25, -0.2) is 8.42 Å². The van der Waals surface area contributed by atoms with Crippen molar-refractivity contribution >= 4 is 39.3 Å². The van der Waals surface area contributed by atoms with Crippen LogP contribution in [0.15, 0.2) is 82.6 Å². The van der Waals surface area contributed by atoms with Crippen LogP contribution in [0, 0.1) is 13.8 Å². The highest BCUT2D eigenvalue weighted by Gasteiger charge is 2.32. The van der Waals surface area contributed by atoms with Crippen molar-refractivity contribution in [1.29, 1.82) is 0 Å². The van der Waals surface area contributed by atoms with Gasteiger partial charge in [-0.3, -0.25) is 13.9 Å². The Labute approximate surface area is 223 Å². The molecule has 0 fully saturated rings. The van der Waals surface area contributed by atoms with Crippen LogP contribution in [0.1, 0.15) is 23.6 Å². The summed E-state index contributed by atoms with van der Waals surface area (Å²) < 4.78 is 28.7. The maximum absolute atomic E-state index is 13.8. The molecule has 0 unspecified atom stereocenters. The molecule has 0 aliphatic rings. The van der Waals surface area contributed by atoms with Gasteiger partial charge in [0.15, 0.2) is 0 Å². The van der Waals surface area contributed by atoms with Crippen LogP contribution in [-0.4, -0.2) is 51.0 Å². The molecule has 3 aromatic carbocycles. The molecule has 3 aromatic rings. The molecule has 0 spiro atoms. The third kappa shape index (κ3) is 6.93. The minimum atomic E-state index is -4.08. The molecule has 7 nitrogen and oxygen atoms in total. The summed E-state index contributed by atoms with van der Waals surface area (Å²) in [5, 5.41) is 2.59. The number of thioether (sulfide) groups is 1. The van der Waals surface area contributed by atoms with E-state index in [1.165, 1.54) is 23.7 Å². The third-order valence-electron chi connectivity index (χ3n) is 6.10. The number of carbonyl (C=O) groups excluding carboxylic acids is 2. The summed E-state index contributed by atoms with van der Waals surface area (Å²) in [6.45, 7) is 5.20. The second-order valence-corrected chi connectivity index (χ2v) is 11.6. The monoisotopic (exact) mass is 539 g/mol. The molecule has 0 heterocycles. The summed E-state index contributed by atoms with van der Waals surface area (Å²) in [6, 6.07) is 20.4. The second kappa shape index (κ2) is 12.3. The molecule has 0 saturated carbocycles. The Morgan fingerprint density at radius 3 is 2.16 bits per heavy atom. The molecule has 3 rings (SSSR count). The first-order valence-electron chi connectivity index (χ1n) is 11.9. The van der Waals surface area contributed by atoms with Crippen LogP contribution in [0.2, 0.25) is 0 Å². The Hall–Kier alpha value is -3.30. The Morgan fingerprint density at radius 1 is 0.946 bits per heavy atom. The number of hydrogen-bond donors (Lipinski definition) is 1. The fraction of sp³-hybridized carbons (Fsp3) is 0.286. The Kier molecular flexibility index (Phi) is 9.39. The van der Waals surface area contributed by atoms with Crippen LogP contribution in [0.3, 0.4) is 0 Å². The summed E-state index contributed by atoms with van der Waals surface area (Å²) in [7, 11) is -2.57. The first-order valence-corrected chi connectivity index (χ1v) is 14.5. The number of rotatable bonds is 10. The van der Waals surface area contributed by atoms with E-state index in [0.717, 1.165) is 25.9 Å². The molecule has 1 N–H and O–H groups in total. The van der Waals surface area contributed by atoms with E-state index in [2.05, 4.69) is 5.32 Å². The predicted molar refractivity (Wildman–Crippen MR) is 149 cm³/mol. The molecular weight excluding hydrogens is 506 g/mol. The van der Waals surface area contributed by atoms with E-state index in [-0.39, 0.29) is 17.3 Å². The molecule has 9 heteroatoms. The molecular formula is C28H33N3O4S2. The van der Waals surface area contributed by atoms with E-state index in [4.69, 9.17) is 0 Å². The molecule has 0 saturated heterocycles. The zero-order valence-corrected chi connectivity index (χ0v) is 23.4. The van der Waals surface area contributed by atoms with E-state index < -0.39 is 28.5 Å². The van der Waals surface area contributed by atoms with Crippen molar-refractivity contribution in [3.8, 4) is 0 Å². The van der Waals surface area contributed by atoms with E-state index in [1.807, 2.05) is 44.4 Å². The molecule has 0 radical (unpaired) electrons. The summed E-state index contributed by atoms with van der Waals surface area (Å²) in [5.74, 6) is -0.819. The van der Waals surface area contributed by atoms with E-state index in [0.29, 0.717) is 5.69 Å². The van der Waals surface area contributed by atoms with Crippen molar-refractivity contribution in [3.05, 3.63) is 89.5 Å². The van der Waals surface area contributed by atoms with Gasteiger partial charge in [-0.05, 0) is 69.0 Å². The Balaban J connectivity index is 2.02. The van der Waals surface area contributed by atoms with Gasteiger partial charge < -0.3 is 10.2 Å². The predicted octanol–water partition coefficient (Wildman–Crippen LogP) is 4.38. The average molecular weight is 540 g/mol. The summed E-state index contributed by atoms with van der Waals surface area (Å²) in [5.41, 5.74) is 3.21. The number of anilines is 1. The maximum Gasteiger partial charge on any atom is 0.264 e. The lowest BCUT2D eigenvalue weighted by Gasteiger charge is -2.32. The van der Waals surface area contributed by atoms with Gasteiger partial charge in [-0.15, -0.1) is 11.8 Å². The lowest BCUT2D eigenvalue weighted by molar-refractivity contribution is -0.139. The SMILES string of the molecule is CNC(=O)[C@@H](C)N(Cc1cccc(C)c1)C(=O)CN(c1ccc(C)cc1)S(=O)(=O)c1ccc(SC)cc1. The highest BCUT2D eigenvalue weighted by molar-refractivity contribution is 7.98. The molecule has 0 aromatic heterocycles. The summed E-state index contributed by atoms with van der Waals surface area (Å²) >= 11 is 1.51. The summed E-state index contributed by atoms with van der Waals surface area (Å²) in [6.07, 6.45) is 1.91. The van der Waals surface area contributed by atoms with Gasteiger partial charge in [0.1, 0.15) is 12.6 Å². The first kappa shape index (κ1) is 28.3. The minimum absolute atomic E-state index is 0.0864. The zero-order chi connectivity index (χ0) is 27.2. The smallest absolute Gasteiger partial charge is 0.264 e. The molecule has 0 aliphatic carbocycles. The van der Waals surface area contributed by atoms with E-state index in [1.54, 1.807) is 55.5 Å². The van der Waals surface area contributed by atoms with Gasteiger partial charge in [0.05, 0.1) is 10.6 Å². The number of nitrogens with zero attached hydrogens (tertiary/aromatic N) is 2. The highest BCUT2D eigenvalue weighted by atomic mass is 32.2. The van der Waals surface area contributed by atoms with Gasteiger partial charge >= 0.3 is 0 Å². The van der Waals surface area contributed by atoms with Crippen molar-refractivity contribution in [2.24, 2.45) is 0 Å². The number of benzene rings is 3. The largest absolute Gasteiger partial charge is 0.357 e. The molecule has 196 valence electrons. The van der Waals surface area contributed by atoms with Gasteiger partial charge in [-0.2, -0.15) is 0 Å². The van der Waals surface area contributed by atoms with Crippen LogP contribution in [0.5, 0.6) is 0 Å². The fourth-order valence-corrected chi connectivity index (χ4v) is 5.74. The lowest BCUT2D eigenvalue weighted by Crippen LogP contribution is -2.50. The zero-order valence-electron chi connectivity index (χ0n) is 21.8. The number of hydrogen-bond acceptors (Lipinski definition) is 5. The number of likely N-dealkylation sites (N-methyl/N-ethyl adjacent to an activating group) is 1. The van der Waals surface area contributed by atoms with Crippen molar-refractivity contribution in [1.82, 2.24) is 10.2 Å². The second-order valence-electron chi connectivity index (χ2n) is 8.82. The standard InChI is InChI=1S/C28H33N3O4S2/c1-20-9-11-24(12-10-20)31(37(34,35)26-15-13-25(36-5)14-16-26)19-27(32)30(22(3)28(33)29-4)18-23-8-6-7-21(2)17-23/h6-17,22H,18-19H2,1-5H3,(H,29,33)/t22-/m1/s1. The van der Waals surface area contributed by atoms with Gasteiger partial charge in [-0.1, -0.05) is 47.5 Å². The van der Waals surface area contributed by atoms with Gasteiger partial charge in [0.25, 0.3) is 10.0 Å². The first-order chi connectivity index (χ1) is 17.6. The van der Waals surface area contributed by atoms with Crippen molar-refractivity contribution in [2.45, 2.75) is 43.1 Å². The van der Waals surface area contributed by atoms with Crippen LogP contribution in [0.25, 0.3) is 0 Å². The third-order valence-corrected chi connectivity index (χ3v) is 8.63. The lowest BCUT2D eigenvalue weighted by atomic mass is 10.1. The molecule has 2 amide bonds. The highest BCUT2D eigenvalue weighted by Crippen LogP contribution is 2.26. The topological polar surface area (TPSA) is 86.8 Å². The maximum atomic E-state index is 13.8. The van der Waals surface area contributed by atoms with Gasteiger partial charge in [0, 0.05) is 18.5 Å². The Morgan fingerprint density at radius 2 is 1.59 bits per heavy atom. The number of amides is 2. The summed E-state index contributed by atoms with van der Waals surface area (Å²) in [4.78, 5) is 28.7. The Bertz CT molecular complexity index is 1340. The van der Waals surface area contributed by atoms with Crippen LogP contribution < -0.4 is 9.62 Å². The van der Waals surface area contributed by atoms with Crippen molar-refractivity contribution in [2.75, 3.05) is 24.2 Å². The normalized spacial score (nSPS) is 12.0. The average Bonchev–Trinajstić information content (AvgIpc) is 2.90. The molecule has 37 heavy (non-hydrogen) atoms. The molecule has 0 aliphatic heterocycles. The fourth-order valence-electron chi connectivity index (χ4n) is 3.91. The van der Waals surface area contributed by atoms with Crippen LogP contribution >= 0.6 is 11.8 Å². The van der Waals surface area contributed by atoms with Crippen LogP contribution in [0.4, 0.5) is 5.69 Å². The van der Waals surface area contributed by atoms with E-state index >= 15 is 0 Å². The van der Waals surface area contributed by atoms with Gasteiger partial charge in [0.2, 0.25) is 11.8 Å². The van der Waals surface area contributed by atoms with Crippen molar-refractivity contribution in [3.63, 3.8) is 0 Å². The quantitative estimate of drug-likeness (QED) is 0.387. The minimum Gasteiger partial charge on any atom is -0.357 e. The number of nitrogens with one attached hydrogen (secondary N) is 1. The number of carbonyl (C=O) groups is 2. The molecule has 1 atom stereocenters. The number of sulfonamides is 1. The molecule has 0 bridgehead atoms. The van der Waals surface area contributed by atoms with E-state index in [9.17, 15) is 18.0 Å². The van der Waals surface area contributed by atoms with Crippen molar-refractivity contribution < 1.29 is 18.0 Å². The number of aryl methyl sites for hydroxylation is 2.